The number of carboxylic acid groups (broad SMARTS) is 1. The third kappa shape index (κ3) is 4.09. The minimum atomic E-state index is -1.11. The summed E-state index contributed by atoms with van der Waals surface area (Å²) in [7, 11) is 0. The van der Waals surface area contributed by atoms with Crippen LogP contribution in [0.2, 0.25) is 0 Å². The van der Waals surface area contributed by atoms with Gasteiger partial charge in [-0.3, -0.25) is 4.79 Å². The monoisotopic (exact) mass is 406 g/mol. The van der Waals surface area contributed by atoms with Gasteiger partial charge in [-0.2, -0.15) is 0 Å². The summed E-state index contributed by atoms with van der Waals surface area (Å²) in [4.78, 5) is 28.8. The average Bonchev–Trinajstić information content (AvgIpc) is 3.32. The second-order valence-electron chi connectivity index (χ2n) is 6.50. The summed E-state index contributed by atoms with van der Waals surface area (Å²) in [5, 5.41) is 14.5. The molecule has 4 rings (SSSR count). The standard InChI is InChI=1S/C22H18N2O4S/c1-2-16-9-10-17(28-16)12-18-20(25)24-22(29-18)23-19(21(26)27)15-8-7-13-5-3-4-6-14(13)11-15/h3-12,19H,2H2,1H3,(H,26,27)(H,23,24,25)/b18-12-. The van der Waals surface area contributed by atoms with E-state index < -0.39 is 12.0 Å². The van der Waals surface area contributed by atoms with Crippen molar-refractivity contribution in [1.29, 1.82) is 0 Å². The van der Waals surface area contributed by atoms with Crippen molar-refractivity contribution in [3.8, 4) is 0 Å². The van der Waals surface area contributed by atoms with E-state index in [1.165, 1.54) is 0 Å². The molecule has 1 aromatic heterocycles. The first-order valence-corrected chi connectivity index (χ1v) is 9.94. The number of fused-ring (bicyclic) bond motifs is 1. The Morgan fingerprint density at radius 3 is 2.72 bits per heavy atom. The molecule has 0 spiro atoms. The Hall–Kier alpha value is -3.32. The Morgan fingerprint density at radius 2 is 2.00 bits per heavy atom. The highest BCUT2D eigenvalue weighted by molar-refractivity contribution is 8.18. The number of carboxylic acids is 1. The van der Waals surface area contributed by atoms with Gasteiger partial charge in [0.05, 0.1) is 4.91 Å². The first kappa shape index (κ1) is 19.0. The van der Waals surface area contributed by atoms with Gasteiger partial charge in [0, 0.05) is 12.5 Å². The van der Waals surface area contributed by atoms with E-state index in [1.54, 1.807) is 18.2 Å². The molecule has 0 aliphatic carbocycles. The topological polar surface area (TPSA) is 91.9 Å². The number of aliphatic imine (C=N–C) groups is 1. The second kappa shape index (κ2) is 7.97. The molecule has 6 nitrogen and oxygen atoms in total. The smallest absolute Gasteiger partial charge is 0.333 e. The number of rotatable bonds is 5. The molecule has 1 aliphatic rings. The Kier molecular flexibility index (Phi) is 5.22. The van der Waals surface area contributed by atoms with Gasteiger partial charge in [-0.1, -0.05) is 43.3 Å². The number of aliphatic carboxylic acids is 1. The molecule has 7 heteroatoms. The fourth-order valence-corrected chi connectivity index (χ4v) is 3.88. The van der Waals surface area contributed by atoms with E-state index in [9.17, 15) is 14.7 Å². The molecule has 146 valence electrons. The van der Waals surface area contributed by atoms with Crippen molar-refractivity contribution in [3.05, 3.63) is 76.6 Å². The second-order valence-corrected chi connectivity index (χ2v) is 7.53. The lowest BCUT2D eigenvalue weighted by atomic mass is 10.0. The van der Waals surface area contributed by atoms with Crippen LogP contribution in [0.3, 0.4) is 0 Å². The lowest BCUT2D eigenvalue weighted by molar-refractivity contribution is -0.138. The van der Waals surface area contributed by atoms with Crippen molar-refractivity contribution < 1.29 is 19.1 Å². The molecule has 2 aromatic carbocycles. The molecule has 3 aromatic rings. The number of thioether (sulfide) groups is 1. The molecule has 1 atom stereocenters. The van der Waals surface area contributed by atoms with Gasteiger partial charge in [0.15, 0.2) is 11.2 Å². The zero-order valence-corrected chi connectivity index (χ0v) is 16.4. The number of nitrogens with zero attached hydrogens (tertiary/aromatic N) is 1. The molecular weight excluding hydrogens is 388 g/mol. The van der Waals surface area contributed by atoms with Crippen molar-refractivity contribution in [1.82, 2.24) is 5.32 Å². The largest absolute Gasteiger partial charge is 0.479 e. The highest BCUT2D eigenvalue weighted by atomic mass is 32.2. The maximum Gasteiger partial charge on any atom is 0.333 e. The summed E-state index contributed by atoms with van der Waals surface area (Å²) in [6.07, 6.45) is 2.40. The van der Waals surface area contributed by atoms with E-state index in [0.717, 1.165) is 34.7 Å². The zero-order chi connectivity index (χ0) is 20.4. The number of hydrogen-bond donors (Lipinski definition) is 2. The van der Waals surface area contributed by atoms with Crippen LogP contribution in [0.4, 0.5) is 0 Å². The van der Waals surface area contributed by atoms with Crippen LogP contribution >= 0.6 is 11.8 Å². The number of amidine groups is 1. The molecule has 2 N–H and O–H groups in total. The van der Waals surface area contributed by atoms with Gasteiger partial charge in [-0.25, -0.2) is 9.79 Å². The molecule has 1 unspecified atom stereocenters. The fraction of sp³-hybridized carbons (Fsp3) is 0.136. The predicted molar refractivity (Wildman–Crippen MR) is 114 cm³/mol. The third-order valence-corrected chi connectivity index (χ3v) is 5.45. The zero-order valence-electron chi connectivity index (χ0n) is 15.6. The van der Waals surface area contributed by atoms with Gasteiger partial charge < -0.3 is 14.8 Å². The highest BCUT2D eigenvalue weighted by Gasteiger charge is 2.28. The summed E-state index contributed by atoms with van der Waals surface area (Å²) >= 11 is 1.10. The molecule has 0 radical (unpaired) electrons. The summed E-state index contributed by atoms with van der Waals surface area (Å²) in [6, 6.07) is 15.7. The SMILES string of the molecule is CCc1ccc(/C=C2\SC(=NC(C(=O)O)c3ccc4ccccc4c3)NC2=O)o1. The van der Waals surface area contributed by atoms with Gasteiger partial charge in [-0.05, 0) is 46.3 Å². The van der Waals surface area contributed by atoms with Gasteiger partial charge >= 0.3 is 5.97 Å². The average molecular weight is 406 g/mol. The number of benzene rings is 2. The molecule has 0 saturated carbocycles. The number of hydrogen-bond acceptors (Lipinski definition) is 5. The minimum Gasteiger partial charge on any atom is -0.479 e. The summed E-state index contributed by atoms with van der Waals surface area (Å²) in [6.45, 7) is 1.98. The summed E-state index contributed by atoms with van der Waals surface area (Å²) in [5.41, 5.74) is 0.551. The molecule has 1 aliphatic heterocycles. The van der Waals surface area contributed by atoms with Crippen LogP contribution in [0.5, 0.6) is 0 Å². The Labute approximate surface area is 171 Å². The van der Waals surface area contributed by atoms with Crippen LogP contribution in [0, 0.1) is 0 Å². The Morgan fingerprint density at radius 1 is 1.21 bits per heavy atom. The van der Waals surface area contributed by atoms with Gasteiger partial charge in [0.25, 0.3) is 5.91 Å². The third-order valence-electron chi connectivity index (χ3n) is 4.52. The van der Waals surface area contributed by atoms with Crippen LogP contribution in [-0.2, 0) is 16.0 Å². The highest BCUT2D eigenvalue weighted by Crippen LogP contribution is 2.30. The van der Waals surface area contributed by atoms with E-state index >= 15 is 0 Å². The lowest BCUT2D eigenvalue weighted by Gasteiger charge is -2.10. The predicted octanol–water partition coefficient (Wildman–Crippen LogP) is 4.38. The van der Waals surface area contributed by atoms with Crippen molar-refractivity contribution in [2.24, 2.45) is 4.99 Å². The first-order valence-electron chi connectivity index (χ1n) is 9.12. The molecule has 2 heterocycles. The first-order chi connectivity index (χ1) is 14.0. The molecule has 29 heavy (non-hydrogen) atoms. The number of furan rings is 1. The van der Waals surface area contributed by atoms with Crippen LogP contribution in [-0.4, -0.2) is 22.2 Å². The van der Waals surface area contributed by atoms with E-state index in [-0.39, 0.29) is 11.1 Å². The van der Waals surface area contributed by atoms with Crippen LogP contribution in [0.15, 0.2) is 68.9 Å². The Balaban J connectivity index is 1.61. The number of amides is 1. The van der Waals surface area contributed by atoms with E-state index in [4.69, 9.17) is 4.42 Å². The van der Waals surface area contributed by atoms with Gasteiger partial charge in [0.1, 0.15) is 11.5 Å². The van der Waals surface area contributed by atoms with Gasteiger partial charge in [-0.15, -0.1) is 0 Å². The lowest BCUT2D eigenvalue weighted by Crippen LogP contribution is -2.22. The van der Waals surface area contributed by atoms with Crippen molar-refractivity contribution >= 4 is 45.7 Å². The minimum absolute atomic E-state index is 0.254. The van der Waals surface area contributed by atoms with Crippen LogP contribution < -0.4 is 5.32 Å². The number of aryl methyl sites for hydroxylation is 1. The normalized spacial score (nSPS) is 17.8. The Bertz CT molecular complexity index is 1160. The molecule has 1 amide bonds. The van der Waals surface area contributed by atoms with Crippen LogP contribution in [0.25, 0.3) is 16.8 Å². The summed E-state index contributed by atoms with van der Waals surface area (Å²) in [5.74, 6) is -0.00835. The quantitative estimate of drug-likeness (QED) is 0.614. The molecule has 1 fully saturated rings. The van der Waals surface area contributed by atoms with Crippen LogP contribution in [0.1, 0.15) is 30.0 Å². The van der Waals surface area contributed by atoms with E-state index in [1.807, 2.05) is 49.4 Å². The maximum atomic E-state index is 12.3. The van der Waals surface area contributed by atoms with Crippen molar-refractivity contribution in [3.63, 3.8) is 0 Å². The summed E-state index contributed by atoms with van der Waals surface area (Å²) < 4.78 is 5.60. The molecule has 1 saturated heterocycles. The van der Waals surface area contributed by atoms with E-state index in [0.29, 0.717) is 16.2 Å². The number of carbonyl (C=O) groups is 2. The number of nitrogens with one attached hydrogen (secondary N) is 1. The van der Waals surface area contributed by atoms with Gasteiger partial charge in [0.2, 0.25) is 0 Å². The van der Waals surface area contributed by atoms with E-state index in [2.05, 4.69) is 10.3 Å². The van der Waals surface area contributed by atoms with Crippen molar-refractivity contribution in [2.45, 2.75) is 19.4 Å². The fourth-order valence-electron chi connectivity index (χ4n) is 3.05. The maximum absolute atomic E-state index is 12.3. The molecule has 0 bridgehead atoms. The van der Waals surface area contributed by atoms with Crippen molar-refractivity contribution in [2.75, 3.05) is 0 Å². The molecular formula is C22H18N2O4S. The number of carbonyl (C=O) groups excluding carboxylic acids is 1.